The maximum atomic E-state index is 13.0. The molecule has 4 rings (SSSR count). The van der Waals surface area contributed by atoms with Crippen molar-refractivity contribution in [3.8, 4) is 5.69 Å². The Morgan fingerprint density at radius 2 is 1.72 bits per heavy atom. The number of nitrogens with zero attached hydrogens (tertiary/aromatic N) is 2. The zero-order valence-corrected chi connectivity index (χ0v) is 17.4. The van der Waals surface area contributed by atoms with Crippen LogP contribution in [-0.2, 0) is 4.74 Å². The average molecular weight is 410 g/mol. The fourth-order valence-electron chi connectivity index (χ4n) is 3.81. The highest BCUT2D eigenvalue weighted by atomic mass is 35.5. The Hall–Kier alpha value is -2.76. The summed E-state index contributed by atoms with van der Waals surface area (Å²) in [6.45, 7) is 7.12. The Labute approximate surface area is 175 Å². The standard InChI is InChI=1S/C23H24ClN3O2/c1-16-13-22(17(2)27(16)21-8-3-5-18(24)14-21)23(28)25-19-6-4-7-20(15-19)26-9-11-29-12-10-26/h3-8,13-15H,9-12H2,1-2H3,(H,25,28). The Bertz CT molecular complexity index is 1040. The number of anilines is 2. The van der Waals surface area contributed by atoms with Gasteiger partial charge in [0, 0.05) is 46.6 Å². The monoisotopic (exact) mass is 409 g/mol. The van der Waals surface area contributed by atoms with Gasteiger partial charge in [-0.25, -0.2) is 0 Å². The van der Waals surface area contributed by atoms with Gasteiger partial charge in [0.1, 0.15) is 0 Å². The molecule has 0 aliphatic carbocycles. The minimum atomic E-state index is -0.120. The average Bonchev–Trinajstić information content (AvgIpc) is 3.03. The lowest BCUT2D eigenvalue weighted by Gasteiger charge is -2.29. The van der Waals surface area contributed by atoms with Gasteiger partial charge in [0.2, 0.25) is 0 Å². The molecule has 29 heavy (non-hydrogen) atoms. The molecule has 1 fully saturated rings. The first-order valence-corrected chi connectivity index (χ1v) is 10.1. The minimum absolute atomic E-state index is 0.120. The number of hydrogen-bond acceptors (Lipinski definition) is 3. The summed E-state index contributed by atoms with van der Waals surface area (Å²) < 4.78 is 7.47. The summed E-state index contributed by atoms with van der Waals surface area (Å²) in [5, 5.41) is 3.71. The molecule has 0 saturated carbocycles. The molecule has 0 radical (unpaired) electrons. The summed E-state index contributed by atoms with van der Waals surface area (Å²) in [4.78, 5) is 15.3. The Morgan fingerprint density at radius 3 is 2.48 bits per heavy atom. The van der Waals surface area contributed by atoms with Crippen LogP contribution in [0.15, 0.2) is 54.6 Å². The molecular formula is C23H24ClN3O2. The molecule has 0 unspecified atom stereocenters. The van der Waals surface area contributed by atoms with Crippen molar-refractivity contribution in [1.29, 1.82) is 0 Å². The summed E-state index contributed by atoms with van der Waals surface area (Å²) in [7, 11) is 0. The number of amides is 1. The number of nitrogens with one attached hydrogen (secondary N) is 1. The third kappa shape index (κ3) is 4.16. The Kier molecular flexibility index (Phi) is 5.60. The van der Waals surface area contributed by atoms with Crippen molar-refractivity contribution < 1.29 is 9.53 Å². The smallest absolute Gasteiger partial charge is 0.257 e. The van der Waals surface area contributed by atoms with Gasteiger partial charge >= 0.3 is 0 Å². The van der Waals surface area contributed by atoms with Gasteiger partial charge < -0.3 is 19.5 Å². The van der Waals surface area contributed by atoms with E-state index < -0.39 is 0 Å². The maximum Gasteiger partial charge on any atom is 0.257 e. The van der Waals surface area contributed by atoms with Gasteiger partial charge in [0.05, 0.1) is 18.8 Å². The second kappa shape index (κ2) is 8.31. The fourth-order valence-corrected chi connectivity index (χ4v) is 3.99. The molecule has 1 N–H and O–H groups in total. The van der Waals surface area contributed by atoms with Gasteiger partial charge in [0.25, 0.3) is 5.91 Å². The lowest BCUT2D eigenvalue weighted by molar-refractivity contribution is 0.102. The Morgan fingerprint density at radius 1 is 1.00 bits per heavy atom. The van der Waals surface area contributed by atoms with Gasteiger partial charge in [-0.15, -0.1) is 0 Å². The summed E-state index contributed by atoms with van der Waals surface area (Å²) >= 11 is 6.15. The van der Waals surface area contributed by atoms with E-state index in [1.807, 2.05) is 66.9 Å². The lowest BCUT2D eigenvalue weighted by atomic mass is 10.2. The largest absolute Gasteiger partial charge is 0.378 e. The predicted octanol–water partition coefficient (Wildman–Crippen LogP) is 4.84. The fraction of sp³-hybridized carbons (Fsp3) is 0.261. The van der Waals surface area contributed by atoms with E-state index >= 15 is 0 Å². The molecule has 1 aliphatic heterocycles. The lowest BCUT2D eigenvalue weighted by Crippen LogP contribution is -2.36. The van der Waals surface area contributed by atoms with Gasteiger partial charge in [-0.2, -0.15) is 0 Å². The summed E-state index contributed by atoms with van der Waals surface area (Å²) in [6, 6.07) is 17.5. The first kappa shape index (κ1) is 19.6. The van der Waals surface area contributed by atoms with Crippen LogP contribution in [0.4, 0.5) is 11.4 Å². The molecule has 1 aliphatic rings. The molecule has 6 heteroatoms. The molecule has 0 atom stereocenters. The topological polar surface area (TPSA) is 46.5 Å². The third-order valence-corrected chi connectivity index (χ3v) is 5.46. The third-order valence-electron chi connectivity index (χ3n) is 5.22. The van der Waals surface area contributed by atoms with Crippen LogP contribution in [0.3, 0.4) is 0 Å². The molecule has 0 bridgehead atoms. The van der Waals surface area contributed by atoms with E-state index in [2.05, 4.69) is 16.3 Å². The van der Waals surface area contributed by atoms with Crippen molar-refractivity contribution in [1.82, 2.24) is 4.57 Å². The highest BCUT2D eigenvalue weighted by Gasteiger charge is 2.18. The first-order valence-electron chi connectivity index (χ1n) is 9.72. The number of aryl methyl sites for hydroxylation is 1. The second-order valence-corrected chi connectivity index (χ2v) is 7.64. The van der Waals surface area contributed by atoms with Gasteiger partial charge in [-0.3, -0.25) is 4.79 Å². The van der Waals surface area contributed by atoms with Crippen molar-refractivity contribution in [3.05, 3.63) is 76.6 Å². The number of aromatic nitrogens is 1. The van der Waals surface area contributed by atoms with E-state index in [-0.39, 0.29) is 5.91 Å². The van der Waals surface area contributed by atoms with Crippen molar-refractivity contribution in [2.75, 3.05) is 36.5 Å². The Balaban J connectivity index is 1.57. The zero-order valence-electron chi connectivity index (χ0n) is 16.6. The number of carbonyl (C=O) groups is 1. The van der Waals surface area contributed by atoms with E-state index in [0.717, 1.165) is 54.8 Å². The van der Waals surface area contributed by atoms with Crippen LogP contribution in [0, 0.1) is 13.8 Å². The molecule has 150 valence electrons. The zero-order chi connectivity index (χ0) is 20.4. The number of benzene rings is 2. The van der Waals surface area contributed by atoms with E-state index in [9.17, 15) is 4.79 Å². The number of halogens is 1. The van der Waals surface area contributed by atoms with E-state index in [1.54, 1.807) is 0 Å². The van der Waals surface area contributed by atoms with Crippen molar-refractivity contribution in [3.63, 3.8) is 0 Å². The van der Waals surface area contributed by atoms with Crippen LogP contribution in [0.2, 0.25) is 5.02 Å². The molecule has 5 nitrogen and oxygen atoms in total. The molecule has 2 heterocycles. The van der Waals surface area contributed by atoms with Crippen LogP contribution in [-0.4, -0.2) is 36.8 Å². The quantitative estimate of drug-likeness (QED) is 0.670. The van der Waals surface area contributed by atoms with Crippen LogP contribution in [0.25, 0.3) is 5.69 Å². The number of ether oxygens (including phenoxy) is 1. The predicted molar refractivity (Wildman–Crippen MR) is 118 cm³/mol. The van der Waals surface area contributed by atoms with E-state index in [0.29, 0.717) is 10.6 Å². The van der Waals surface area contributed by atoms with Gasteiger partial charge in [0.15, 0.2) is 0 Å². The van der Waals surface area contributed by atoms with Gasteiger partial charge in [-0.1, -0.05) is 23.7 Å². The number of carbonyl (C=O) groups excluding carboxylic acids is 1. The van der Waals surface area contributed by atoms with Crippen LogP contribution in [0.5, 0.6) is 0 Å². The van der Waals surface area contributed by atoms with E-state index in [1.165, 1.54) is 0 Å². The summed E-state index contributed by atoms with van der Waals surface area (Å²) in [5.74, 6) is -0.120. The summed E-state index contributed by atoms with van der Waals surface area (Å²) in [5.41, 5.74) is 5.34. The summed E-state index contributed by atoms with van der Waals surface area (Å²) in [6.07, 6.45) is 0. The molecule has 1 saturated heterocycles. The molecule has 2 aromatic carbocycles. The minimum Gasteiger partial charge on any atom is -0.378 e. The number of morpholine rings is 1. The molecule has 1 amide bonds. The van der Waals surface area contributed by atoms with Crippen molar-refractivity contribution in [2.45, 2.75) is 13.8 Å². The highest BCUT2D eigenvalue weighted by molar-refractivity contribution is 6.30. The van der Waals surface area contributed by atoms with Crippen LogP contribution < -0.4 is 10.2 Å². The van der Waals surface area contributed by atoms with Crippen LogP contribution >= 0.6 is 11.6 Å². The molecule has 1 aromatic heterocycles. The molecule has 0 spiro atoms. The van der Waals surface area contributed by atoms with Crippen molar-refractivity contribution in [2.24, 2.45) is 0 Å². The van der Waals surface area contributed by atoms with Crippen molar-refractivity contribution >= 4 is 28.9 Å². The number of hydrogen-bond donors (Lipinski definition) is 1. The highest BCUT2D eigenvalue weighted by Crippen LogP contribution is 2.25. The number of rotatable bonds is 4. The SMILES string of the molecule is Cc1cc(C(=O)Nc2cccc(N3CCOCC3)c2)c(C)n1-c1cccc(Cl)c1. The molecule has 3 aromatic rings. The van der Waals surface area contributed by atoms with E-state index in [4.69, 9.17) is 16.3 Å². The normalized spacial score (nSPS) is 14.1. The van der Waals surface area contributed by atoms with Crippen LogP contribution in [0.1, 0.15) is 21.7 Å². The first-order chi connectivity index (χ1) is 14.0. The molecular weight excluding hydrogens is 386 g/mol. The van der Waals surface area contributed by atoms with Gasteiger partial charge in [-0.05, 0) is 56.3 Å². The maximum absolute atomic E-state index is 13.0. The second-order valence-electron chi connectivity index (χ2n) is 7.20.